The minimum atomic E-state index is -2.59. The average Bonchev–Trinajstić information content (AvgIpc) is 2.12. The number of pyridine rings is 1. The van der Waals surface area contributed by atoms with E-state index < -0.39 is 12.4 Å². The number of rotatable bonds is 3. The van der Waals surface area contributed by atoms with E-state index in [9.17, 15) is 13.6 Å². The van der Waals surface area contributed by atoms with Crippen LogP contribution in [0.3, 0.4) is 0 Å². The molecule has 1 aromatic heterocycles. The van der Waals surface area contributed by atoms with Gasteiger partial charge in [-0.05, 0) is 45.2 Å². The van der Waals surface area contributed by atoms with Gasteiger partial charge in [-0.25, -0.2) is 8.78 Å². The molecule has 0 amide bonds. The lowest BCUT2D eigenvalue weighted by Crippen LogP contribution is -2.07. The molecule has 1 aromatic rings. The topological polar surface area (TPSA) is 50.2 Å². The van der Waals surface area contributed by atoms with Crippen LogP contribution in [-0.2, 0) is 11.2 Å². The van der Waals surface area contributed by atoms with Gasteiger partial charge in [-0.2, -0.15) is 0 Å². The molecule has 82 valence electrons. The van der Waals surface area contributed by atoms with Crippen LogP contribution in [0.2, 0.25) is 0 Å². The molecular formula is C8H5F2I2NO2. The van der Waals surface area contributed by atoms with Gasteiger partial charge in [0.2, 0.25) is 0 Å². The van der Waals surface area contributed by atoms with E-state index in [1.807, 2.05) is 22.6 Å². The van der Waals surface area contributed by atoms with Crippen LogP contribution in [0.1, 0.15) is 17.7 Å². The smallest absolute Gasteiger partial charge is 0.309 e. The highest BCUT2D eigenvalue weighted by molar-refractivity contribution is 14.1. The standard InChI is InChI=1S/C8H5F2I2NO2/c9-8(10)3-2-13-4(1-5(14)15)7(12)6(3)11/h2,8H,1H2,(H,14,15). The van der Waals surface area contributed by atoms with Crippen LogP contribution in [0, 0.1) is 7.14 Å². The average molecular weight is 439 g/mol. The summed E-state index contributed by atoms with van der Waals surface area (Å²) in [6.45, 7) is 0. The Bertz CT molecular complexity index is 398. The molecule has 15 heavy (non-hydrogen) atoms. The van der Waals surface area contributed by atoms with Crippen molar-refractivity contribution >= 4 is 51.2 Å². The molecule has 0 unspecified atom stereocenters. The van der Waals surface area contributed by atoms with Gasteiger partial charge in [0.1, 0.15) is 0 Å². The fraction of sp³-hybridized carbons (Fsp3) is 0.250. The fourth-order valence-corrected chi connectivity index (χ4v) is 2.26. The Morgan fingerprint density at radius 1 is 1.47 bits per heavy atom. The highest BCUT2D eigenvalue weighted by Crippen LogP contribution is 2.28. The molecular weight excluding hydrogens is 434 g/mol. The van der Waals surface area contributed by atoms with Crippen LogP contribution in [0.15, 0.2) is 6.20 Å². The van der Waals surface area contributed by atoms with Crippen molar-refractivity contribution in [3.63, 3.8) is 0 Å². The molecule has 1 heterocycles. The van der Waals surface area contributed by atoms with Gasteiger partial charge < -0.3 is 5.11 Å². The summed E-state index contributed by atoms with van der Waals surface area (Å²) in [6.07, 6.45) is -1.80. The van der Waals surface area contributed by atoms with E-state index in [0.29, 0.717) is 12.8 Å². The van der Waals surface area contributed by atoms with Crippen LogP contribution in [0.25, 0.3) is 0 Å². The summed E-state index contributed by atoms with van der Waals surface area (Å²) in [5.41, 5.74) is 0.158. The number of aromatic nitrogens is 1. The summed E-state index contributed by atoms with van der Waals surface area (Å²) in [6, 6.07) is 0. The van der Waals surface area contributed by atoms with E-state index in [1.165, 1.54) is 0 Å². The number of nitrogens with zero attached hydrogens (tertiary/aromatic N) is 1. The third-order valence-corrected chi connectivity index (χ3v) is 4.97. The normalized spacial score (nSPS) is 10.7. The quantitative estimate of drug-likeness (QED) is 0.738. The number of hydrogen-bond donors (Lipinski definition) is 1. The molecule has 1 N–H and O–H groups in total. The number of alkyl halides is 2. The van der Waals surface area contributed by atoms with Gasteiger partial charge in [0.05, 0.1) is 17.7 Å². The second-order valence-electron chi connectivity index (χ2n) is 2.66. The summed E-state index contributed by atoms with van der Waals surface area (Å²) < 4.78 is 25.7. The second kappa shape index (κ2) is 5.32. The Hall–Kier alpha value is -0.0600. The molecule has 0 radical (unpaired) electrons. The van der Waals surface area contributed by atoms with Crippen LogP contribution in [0.4, 0.5) is 8.78 Å². The summed E-state index contributed by atoms with van der Waals surface area (Å²) in [4.78, 5) is 14.2. The van der Waals surface area contributed by atoms with Crippen molar-refractivity contribution in [1.29, 1.82) is 0 Å². The SMILES string of the molecule is O=C(O)Cc1ncc(C(F)F)c(I)c1I. The van der Waals surface area contributed by atoms with Crippen LogP contribution in [-0.4, -0.2) is 16.1 Å². The molecule has 0 aliphatic carbocycles. The molecule has 0 fully saturated rings. The summed E-state index contributed by atoms with van der Waals surface area (Å²) in [5, 5.41) is 8.57. The molecule has 0 aliphatic rings. The molecule has 0 bridgehead atoms. The zero-order valence-corrected chi connectivity index (χ0v) is 11.5. The van der Waals surface area contributed by atoms with E-state index in [-0.39, 0.29) is 12.0 Å². The van der Waals surface area contributed by atoms with Gasteiger partial charge in [0, 0.05) is 13.3 Å². The van der Waals surface area contributed by atoms with Gasteiger partial charge >= 0.3 is 5.97 Å². The van der Waals surface area contributed by atoms with E-state index in [0.717, 1.165) is 6.20 Å². The van der Waals surface area contributed by atoms with Gasteiger partial charge in [-0.3, -0.25) is 9.78 Å². The van der Waals surface area contributed by atoms with Gasteiger partial charge in [0.15, 0.2) is 0 Å². The molecule has 1 rings (SSSR count). The Balaban J connectivity index is 3.15. The van der Waals surface area contributed by atoms with E-state index in [4.69, 9.17) is 5.11 Å². The molecule has 0 saturated carbocycles. The third kappa shape index (κ3) is 3.20. The first-order chi connectivity index (χ1) is 6.93. The summed E-state index contributed by atoms with van der Waals surface area (Å²) in [7, 11) is 0. The predicted molar refractivity (Wildman–Crippen MR) is 66.0 cm³/mol. The number of aliphatic carboxylic acids is 1. The van der Waals surface area contributed by atoms with Crippen molar-refractivity contribution in [2.24, 2.45) is 0 Å². The van der Waals surface area contributed by atoms with Gasteiger partial charge in [-0.15, -0.1) is 0 Å². The van der Waals surface area contributed by atoms with E-state index in [2.05, 4.69) is 4.98 Å². The lowest BCUT2D eigenvalue weighted by Gasteiger charge is -2.07. The Morgan fingerprint density at radius 3 is 2.53 bits per heavy atom. The fourth-order valence-electron chi connectivity index (χ4n) is 0.933. The van der Waals surface area contributed by atoms with Crippen molar-refractivity contribution in [1.82, 2.24) is 4.98 Å². The van der Waals surface area contributed by atoms with Crippen molar-refractivity contribution in [3.8, 4) is 0 Å². The molecule has 3 nitrogen and oxygen atoms in total. The second-order valence-corrected chi connectivity index (χ2v) is 4.82. The lowest BCUT2D eigenvalue weighted by atomic mass is 10.2. The maximum Gasteiger partial charge on any atom is 0.309 e. The predicted octanol–water partition coefficient (Wildman–Crippen LogP) is 2.86. The molecule has 7 heteroatoms. The number of halogens is 4. The number of carboxylic acids is 1. The molecule has 0 saturated heterocycles. The van der Waals surface area contributed by atoms with Crippen LogP contribution < -0.4 is 0 Å². The lowest BCUT2D eigenvalue weighted by molar-refractivity contribution is -0.136. The maximum atomic E-state index is 12.4. The first-order valence-corrected chi connectivity index (χ1v) is 5.92. The summed E-state index contributed by atoms with van der Waals surface area (Å²) in [5.74, 6) is -1.03. The summed E-state index contributed by atoms with van der Waals surface area (Å²) >= 11 is 3.60. The van der Waals surface area contributed by atoms with Crippen LogP contribution >= 0.6 is 45.2 Å². The largest absolute Gasteiger partial charge is 0.481 e. The molecule has 0 atom stereocenters. The number of carbonyl (C=O) groups is 1. The van der Waals surface area contributed by atoms with Gasteiger partial charge in [-0.1, -0.05) is 0 Å². The van der Waals surface area contributed by atoms with E-state index >= 15 is 0 Å². The van der Waals surface area contributed by atoms with Crippen molar-refractivity contribution in [3.05, 3.63) is 24.6 Å². The maximum absolute atomic E-state index is 12.4. The Morgan fingerprint density at radius 2 is 2.07 bits per heavy atom. The Kier molecular flexibility index (Phi) is 4.62. The Labute approximate surface area is 112 Å². The van der Waals surface area contributed by atoms with Crippen molar-refractivity contribution in [2.45, 2.75) is 12.8 Å². The molecule has 0 aliphatic heterocycles. The molecule has 0 aromatic carbocycles. The third-order valence-electron chi connectivity index (χ3n) is 1.61. The highest BCUT2D eigenvalue weighted by atomic mass is 127. The highest BCUT2D eigenvalue weighted by Gasteiger charge is 2.18. The first-order valence-electron chi connectivity index (χ1n) is 3.76. The van der Waals surface area contributed by atoms with Crippen molar-refractivity contribution in [2.75, 3.05) is 0 Å². The van der Waals surface area contributed by atoms with Crippen LogP contribution in [0.5, 0.6) is 0 Å². The molecule has 0 spiro atoms. The number of carboxylic acid groups (broad SMARTS) is 1. The zero-order valence-electron chi connectivity index (χ0n) is 7.18. The zero-order chi connectivity index (χ0) is 11.6. The number of hydrogen-bond acceptors (Lipinski definition) is 2. The van der Waals surface area contributed by atoms with Crippen molar-refractivity contribution < 1.29 is 18.7 Å². The van der Waals surface area contributed by atoms with E-state index in [1.54, 1.807) is 22.6 Å². The first kappa shape index (κ1) is 13.0. The minimum absolute atomic E-state index is 0.158. The van der Waals surface area contributed by atoms with Gasteiger partial charge in [0.25, 0.3) is 6.43 Å². The monoisotopic (exact) mass is 439 g/mol. The minimum Gasteiger partial charge on any atom is -0.481 e.